The normalized spacial score (nSPS) is 20.4. The first-order chi connectivity index (χ1) is 28.7. The fraction of sp³-hybridized carbons (Fsp3) is 0.625. The van der Waals surface area contributed by atoms with Gasteiger partial charge in [-0.1, -0.05) is 69.3 Å². The maximum atomic E-state index is 14.9. The van der Waals surface area contributed by atoms with Crippen molar-refractivity contribution in [3.8, 4) is 0 Å². The van der Waals surface area contributed by atoms with Gasteiger partial charge in [0.05, 0.1) is 28.3 Å². The Morgan fingerprint density at radius 3 is 1.60 bits per heavy atom. The van der Waals surface area contributed by atoms with Gasteiger partial charge in [-0.15, -0.1) is 0 Å². The highest BCUT2D eigenvalue weighted by Gasteiger charge is 2.57. The van der Waals surface area contributed by atoms with Gasteiger partial charge in [-0.2, -0.15) is 0 Å². The van der Waals surface area contributed by atoms with Crippen molar-refractivity contribution in [2.24, 2.45) is 21.7 Å². The van der Waals surface area contributed by atoms with Gasteiger partial charge in [-0.25, -0.2) is 0 Å². The maximum absolute atomic E-state index is 14.9. The van der Waals surface area contributed by atoms with Crippen LogP contribution < -0.4 is 5.32 Å². The van der Waals surface area contributed by atoms with Crippen LogP contribution in [0.3, 0.4) is 0 Å². The van der Waals surface area contributed by atoms with Gasteiger partial charge in [0.25, 0.3) is 5.91 Å². The Morgan fingerprint density at radius 2 is 1.13 bits per heavy atom. The van der Waals surface area contributed by atoms with Crippen molar-refractivity contribution in [2.75, 3.05) is 11.9 Å². The minimum Gasteiger partial charge on any atom is -0.462 e. The van der Waals surface area contributed by atoms with E-state index in [0.29, 0.717) is 23.2 Å². The first kappa shape index (κ1) is 52.7. The van der Waals surface area contributed by atoms with E-state index in [-0.39, 0.29) is 11.6 Å². The van der Waals surface area contributed by atoms with Crippen LogP contribution in [-0.4, -0.2) is 86.7 Å². The average Bonchev–Trinajstić information content (AvgIpc) is 3.15. The van der Waals surface area contributed by atoms with Gasteiger partial charge in [0.1, 0.15) is 18.8 Å². The largest absolute Gasteiger partial charge is 0.462 e. The number of hydrogen-bond acceptors (Lipinski definition) is 12. The molecule has 14 nitrogen and oxygen atoms in total. The highest BCUT2D eigenvalue weighted by Crippen LogP contribution is 2.39. The lowest BCUT2D eigenvalue weighted by Gasteiger charge is -2.49. The Bertz CT molecular complexity index is 1930. The van der Waals surface area contributed by atoms with E-state index in [2.05, 4.69) is 39.2 Å². The van der Waals surface area contributed by atoms with E-state index in [1.54, 1.807) is 126 Å². The summed E-state index contributed by atoms with van der Waals surface area (Å²) in [6, 6.07) is 14.2. The summed E-state index contributed by atoms with van der Waals surface area (Å²) >= 11 is 0. The summed E-state index contributed by atoms with van der Waals surface area (Å²) in [5.74, 6) is -3.57. The highest BCUT2D eigenvalue weighted by molar-refractivity contribution is 6.74. The minimum atomic E-state index is -2.22. The van der Waals surface area contributed by atoms with Crippen molar-refractivity contribution in [3.63, 3.8) is 0 Å². The van der Waals surface area contributed by atoms with E-state index in [4.69, 9.17) is 28.1 Å². The molecule has 0 spiro atoms. The van der Waals surface area contributed by atoms with E-state index in [0.717, 1.165) is 4.90 Å². The molecule has 0 aromatic heterocycles. The summed E-state index contributed by atoms with van der Waals surface area (Å²) in [4.78, 5) is 84.7. The van der Waals surface area contributed by atoms with Crippen LogP contribution in [0, 0.1) is 21.7 Å². The van der Waals surface area contributed by atoms with Crippen LogP contribution in [0.2, 0.25) is 18.1 Å². The van der Waals surface area contributed by atoms with Crippen molar-refractivity contribution < 1.29 is 56.9 Å². The SMILES string of the molecule is CC(C)(C)C(=O)OCC1O[C@@H](N(C=O)C(C(=O)Nc2ccccc2CO[Si](C)(C)C(C)(C)C)c2ccccc2)C(OC(=O)C(C)(C)C)C(OC(=O)C(C)(C)C)[C@H]1OC(=O)C(C)(C)C. The number of ether oxygens (including phenoxy) is 5. The zero-order valence-corrected chi connectivity index (χ0v) is 41.5. The second-order valence-electron chi connectivity index (χ2n) is 21.8. The van der Waals surface area contributed by atoms with Gasteiger partial charge in [-0.05, 0) is 118 Å². The Hall–Kier alpha value is -4.60. The van der Waals surface area contributed by atoms with Crippen LogP contribution in [0.15, 0.2) is 54.6 Å². The third-order valence-corrected chi connectivity index (χ3v) is 15.4. The Kier molecular flexibility index (Phi) is 16.8. The number of nitrogens with one attached hydrogen (secondary N) is 1. The zero-order valence-electron chi connectivity index (χ0n) is 40.5. The lowest BCUT2D eigenvalue weighted by molar-refractivity contribution is -0.282. The Balaban J connectivity index is 2.33. The first-order valence-electron chi connectivity index (χ1n) is 21.5. The zero-order chi connectivity index (χ0) is 48.1. The summed E-state index contributed by atoms with van der Waals surface area (Å²) < 4.78 is 37.5. The van der Waals surface area contributed by atoms with Crippen LogP contribution in [-0.2, 0) is 63.5 Å². The third-order valence-electron chi connectivity index (χ3n) is 10.9. The molecule has 0 bridgehead atoms. The summed E-state index contributed by atoms with van der Waals surface area (Å²) in [6.07, 6.45) is -7.65. The van der Waals surface area contributed by atoms with Gasteiger partial charge < -0.3 is 33.4 Å². The molecule has 2 amide bonds. The molecule has 0 saturated carbocycles. The number of para-hydroxylation sites is 1. The minimum absolute atomic E-state index is 0.0763. The lowest BCUT2D eigenvalue weighted by atomic mass is 9.91. The topological polar surface area (TPSA) is 173 Å². The fourth-order valence-electron chi connectivity index (χ4n) is 5.75. The summed E-state index contributed by atoms with van der Waals surface area (Å²) in [6.45, 7) is 29.8. The molecule has 350 valence electrons. The van der Waals surface area contributed by atoms with Crippen LogP contribution in [0.25, 0.3) is 0 Å². The van der Waals surface area contributed by atoms with Gasteiger partial charge in [0, 0.05) is 5.69 Å². The molecule has 1 heterocycles. The fourth-order valence-corrected chi connectivity index (χ4v) is 6.70. The number of nitrogens with zero attached hydrogens (tertiary/aromatic N) is 1. The van der Waals surface area contributed by atoms with Gasteiger partial charge >= 0.3 is 23.9 Å². The summed E-state index contributed by atoms with van der Waals surface area (Å²) in [5.41, 5.74) is -2.84. The van der Waals surface area contributed by atoms with Crippen molar-refractivity contribution >= 4 is 50.2 Å². The number of rotatable bonds is 14. The molecule has 15 heteroatoms. The summed E-state index contributed by atoms with van der Waals surface area (Å²) in [5, 5.41) is 2.93. The van der Waals surface area contributed by atoms with Gasteiger partial charge in [0.2, 0.25) is 6.41 Å². The predicted octanol–water partition coefficient (Wildman–Crippen LogP) is 8.53. The lowest BCUT2D eigenvalue weighted by Crippen LogP contribution is -2.67. The van der Waals surface area contributed by atoms with Gasteiger partial charge in [-0.3, -0.25) is 33.7 Å². The average molecular weight is 897 g/mol. The van der Waals surface area contributed by atoms with E-state index in [1.165, 1.54) is 0 Å². The van der Waals surface area contributed by atoms with Crippen molar-refractivity contribution in [1.82, 2.24) is 4.90 Å². The molecule has 1 aliphatic rings. The number of esters is 4. The predicted molar refractivity (Wildman–Crippen MR) is 241 cm³/mol. The first-order valence-corrected chi connectivity index (χ1v) is 24.4. The quantitative estimate of drug-likeness (QED) is 0.0830. The monoisotopic (exact) mass is 896 g/mol. The van der Waals surface area contributed by atoms with E-state index >= 15 is 0 Å². The standard InChI is InChI=1S/C48H72N2O12Si/c1-44(2,3)40(53)57-28-33-35(60-41(54)45(4,5)6)36(61-42(55)46(7,8)9)37(62-43(56)47(10,11)12)39(59-33)50(29-51)34(30-23-19-18-20-24-30)38(52)49-32-26-22-21-25-31(32)27-58-63(16,17)48(13,14)15/h18-26,29,33-37,39H,27-28H2,1-17H3,(H,49,52)/t33?,34?,35-,36?,37?,39+/m0/s1. The second kappa shape index (κ2) is 20.1. The number of amides is 2. The van der Waals surface area contributed by atoms with E-state index < -0.39 is 103 Å². The molecule has 1 saturated heterocycles. The number of carbonyl (C=O) groups excluding carboxylic acids is 6. The van der Waals surface area contributed by atoms with E-state index in [9.17, 15) is 28.8 Å². The molecule has 1 fully saturated rings. The van der Waals surface area contributed by atoms with Crippen molar-refractivity contribution in [3.05, 3.63) is 65.7 Å². The number of anilines is 1. The Morgan fingerprint density at radius 1 is 0.667 bits per heavy atom. The third kappa shape index (κ3) is 13.9. The molecule has 3 rings (SSSR count). The molecule has 2 aromatic carbocycles. The van der Waals surface area contributed by atoms with Crippen LogP contribution in [0.4, 0.5) is 5.69 Å². The highest BCUT2D eigenvalue weighted by atomic mass is 28.4. The molecular formula is C48H72N2O12Si. The van der Waals surface area contributed by atoms with Crippen LogP contribution in [0.1, 0.15) is 121 Å². The van der Waals surface area contributed by atoms with Crippen LogP contribution >= 0.6 is 0 Å². The number of carbonyl (C=O) groups is 6. The molecule has 1 N–H and O–H groups in total. The molecule has 6 atom stereocenters. The summed E-state index contributed by atoms with van der Waals surface area (Å²) in [7, 11) is -2.22. The molecule has 1 aliphatic heterocycles. The maximum Gasteiger partial charge on any atom is 0.311 e. The van der Waals surface area contributed by atoms with Crippen LogP contribution in [0.5, 0.6) is 0 Å². The van der Waals surface area contributed by atoms with Crippen molar-refractivity contribution in [2.45, 2.75) is 165 Å². The van der Waals surface area contributed by atoms with E-state index in [1.807, 2.05) is 12.1 Å². The molecular weight excluding hydrogens is 825 g/mol. The van der Waals surface area contributed by atoms with Gasteiger partial charge in [0.15, 0.2) is 32.9 Å². The molecule has 63 heavy (non-hydrogen) atoms. The molecule has 0 aliphatic carbocycles. The molecule has 0 radical (unpaired) electrons. The number of benzene rings is 2. The molecule has 2 aromatic rings. The molecule has 4 unspecified atom stereocenters. The smallest absolute Gasteiger partial charge is 0.311 e. The van der Waals surface area contributed by atoms with Crippen molar-refractivity contribution in [1.29, 1.82) is 0 Å². The Labute approximate surface area is 375 Å². The number of hydrogen-bond donors (Lipinski definition) is 1. The second-order valence-corrected chi connectivity index (χ2v) is 26.6.